The van der Waals surface area contributed by atoms with E-state index in [1.54, 1.807) is 24.3 Å². The van der Waals surface area contributed by atoms with Gasteiger partial charge in [-0.3, -0.25) is 9.52 Å². The number of amides is 1. The van der Waals surface area contributed by atoms with Crippen LogP contribution < -0.4 is 9.46 Å². The third kappa shape index (κ3) is 4.57. The number of benzene rings is 2. The summed E-state index contributed by atoms with van der Waals surface area (Å²) in [7, 11) is -2.49. The lowest BCUT2D eigenvalue weighted by Crippen LogP contribution is -2.42. The highest BCUT2D eigenvalue weighted by Crippen LogP contribution is 2.27. The maximum absolute atomic E-state index is 12.8. The van der Waals surface area contributed by atoms with Crippen molar-refractivity contribution in [3.05, 3.63) is 53.1 Å². The van der Waals surface area contributed by atoms with Crippen LogP contribution in [0.5, 0.6) is 5.75 Å². The Morgan fingerprint density at radius 3 is 2.61 bits per heavy atom. The molecule has 1 aliphatic heterocycles. The molecule has 2 N–H and O–H groups in total. The van der Waals surface area contributed by atoms with Gasteiger partial charge in [0, 0.05) is 24.3 Å². The number of β-amino-alcohol motifs (C(OH)–C–C–N with tert-alkyl or cyclic N) is 1. The first kappa shape index (κ1) is 20.4. The SMILES string of the molecule is COc1ccc(NS(=O)(=O)c2cc(C(=O)N3CCC[C@@H](O)C3)ccc2Cl)cc1. The molecule has 0 aliphatic carbocycles. The molecule has 2 aromatic carbocycles. The number of rotatable bonds is 5. The van der Waals surface area contributed by atoms with E-state index in [0.29, 0.717) is 30.8 Å². The van der Waals surface area contributed by atoms with Crippen LogP contribution in [0.25, 0.3) is 0 Å². The molecule has 1 amide bonds. The number of ether oxygens (including phenoxy) is 1. The predicted octanol–water partition coefficient (Wildman–Crippen LogP) is 2.75. The number of nitrogens with zero attached hydrogens (tertiary/aromatic N) is 1. The third-order valence-corrected chi connectivity index (χ3v) is 6.36. The van der Waals surface area contributed by atoms with Crippen molar-refractivity contribution < 1.29 is 23.1 Å². The number of halogens is 1. The fraction of sp³-hybridized carbons (Fsp3) is 0.316. The molecular weight excluding hydrogens is 404 g/mol. The molecule has 9 heteroatoms. The number of piperidine rings is 1. The van der Waals surface area contributed by atoms with Crippen LogP contribution in [-0.4, -0.2) is 50.6 Å². The highest BCUT2D eigenvalue weighted by molar-refractivity contribution is 7.92. The Bertz CT molecular complexity index is 963. The number of carbonyl (C=O) groups excluding carboxylic acids is 1. The number of hydrogen-bond acceptors (Lipinski definition) is 5. The van der Waals surface area contributed by atoms with Gasteiger partial charge in [0.2, 0.25) is 0 Å². The molecule has 0 saturated carbocycles. The van der Waals surface area contributed by atoms with Gasteiger partial charge in [-0.15, -0.1) is 0 Å². The average Bonchev–Trinajstić information content (AvgIpc) is 2.68. The predicted molar refractivity (Wildman–Crippen MR) is 106 cm³/mol. The first-order chi connectivity index (χ1) is 13.3. The van der Waals surface area contributed by atoms with Crippen LogP contribution >= 0.6 is 11.6 Å². The molecule has 1 aliphatic rings. The molecule has 1 fully saturated rings. The normalized spacial score (nSPS) is 17.2. The molecule has 28 heavy (non-hydrogen) atoms. The first-order valence-electron chi connectivity index (χ1n) is 8.74. The lowest BCUT2D eigenvalue weighted by molar-refractivity contribution is 0.0473. The zero-order valence-corrected chi connectivity index (χ0v) is 16.8. The Kier molecular flexibility index (Phi) is 6.12. The van der Waals surface area contributed by atoms with E-state index in [2.05, 4.69) is 4.72 Å². The molecule has 0 aromatic heterocycles. The van der Waals surface area contributed by atoms with Gasteiger partial charge in [0.25, 0.3) is 15.9 Å². The Morgan fingerprint density at radius 1 is 1.25 bits per heavy atom. The second kappa shape index (κ2) is 8.38. The fourth-order valence-electron chi connectivity index (χ4n) is 3.03. The van der Waals surface area contributed by atoms with Gasteiger partial charge < -0.3 is 14.7 Å². The van der Waals surface area contributed by atoms with Crippen LogP contribution in [0.2, 0.25) is 5.02 Å². The second-order valence-corrected chi connectivity index (χ2v) is 8.58. The van der Waals surface area contributed by atoms with Crippen LogP contribution in [0.1, 0.15) is 23.2 Å². The molecule has 150 valence electrons. The second-order valence-electron chi connectivity index (χ2n) is 6.53. The molecule has 1 atom stereocenters. The molecule has 0 spiro atoms. The van der Waals surface area contributed by atoms with Crippen molar-refractivity contribution in [1.82, 2.24) is 4.90 Å². The summed E-state index contributed by atoms with van der Waals surface area (Å²) in [5, 5.41) is 9.79. The van der Waals surface area contributed by atoms with Gasteiger partial charge in [-0.1, -0.05) is 11.6 Å². The molecule has 0 unspecified atom stereocenters. The third-order valence-electron chi connectivity index (χ3n) is 4.49. The van der Waals surface area contributed by atoms with Gasteiger partial charge in [0.15, 0.2) is 0 Å². The van der Waals surface area contributed by atoms with E-state index in [1.165, 1.54) is 30.2 Å². The van der Waals surface area contributed by atoms with Crippen LogP contribution in [0, 0.1) is 0 Å². The van der Waals surface area contributed by atoms with E-state index in [4.69, 9.17) is 16.3 Å². The standard InChI is InChI=1S/C19H21ClN2O5S/c1-27-16-7-5-14(6-8-16)21-28(25,26)18-11-13(4-9-17(18)20)19(24)22-10-2-3-15(23)12-22/h4-9,11,15,21,23H,2-3,10,12H2,1H3/t15-/m1/s1. The summed E-state index contributed by atoms with van der Waals surface area (Å²) in [5.41, 5.74) is 0.543. The van der Waals surface area contributed by atoms with Crippen molar-refractivity contribution in [3.63, 3.8) is 0 Å². The Balaban J connectivity index is 1.86. The van der Waals surface area contributed by atoms with Crippen LogP contribution in [0.15, 0.2) is 47.4 Å². The summed E-state index contributed by atoms with van der Waals surface area (Å²) < 4.78 is 33.1. The Hall–Kier alpha value is -2.29. The van der Waals surface area contributed by atoms with Crippen molar-refractivity contribution >= 4 is 33.2 Å². The quantitative estimate of drug-likeness (QED) is 0.769. The lowest BCUT2D eigenvalue weighted by Gasteiger charge is -2.30. The van der Waals surface area contributed by atoms with Gasteiger partial charge in [0.05, 0.1) is 18.2 Å². The van der Waals surface area contributed by atoms with E-state index in [0.717, 1.165) is 0 Å². The monoisotopic (exact) mass is 424 g/mol. The number of methoxy groups -OCH3 is 1. The summed E-state index contributed by atoms with van der Waals surface area (Å²) in [6.07, 6.45) is 0.783. The van der Waals surface area contributed by atoms with E-state index < -0.39 is 16.1 Å². The number of hydrogen-bond donors (Lipinski definition) is 2. The van der Waals surface area contributed by atoms with E-state index in [-0.39, 0.29) is 27.9 Å². The molecule has 2 aromatic rings. The topological polar surface area (TPSA) is 95.9 Å². The molecule has 1 heterocycles. The number of sulfonamides is 1. The Morgan fingerprint density at radius 2 is 1.96 bits per heavy atom. The highest BCUT2D eigenvalue weighted by Gasteiger charge is 2.25. The van der Waals surface area contributed by atoms with Crippen LogP contribution in [0.4, 0.5) is 5.69 Å². The fourth-order valence-corrected chi connectivity index (χ4v) is 4.62. The molecule has 1 saturated heterocycles. The van der Waals surface area contributed by atoms with Crippen molar-refractivity contribution in [2.75, 3.05) is 24.9 Å². The van der Waals surface area contributed by atoms with Crippen LogP contribution in [-0.2, 0) is 10.0 Å². The van der Waals surface area contributed by atoms with Gasteiger partial charge in [-0.05, 0) is 55.3 Å². The lowest BCUT2D eigenvalue weighted by atomic mass is 10.1. The smallest absolute Gasteiger partial charge is 0.263 e. The van der Waals surface area contributed by atoms with Crippen molar-refractivity contribution in [1.29, 1.82) is 0 Å². The summed E-state index contributed by atoms with van der Waals surface area (Å²) in [5.74, 6) is 0.258. The largest absolute Gasteiger partial charge is 0.497 e. The highest BCUT2D eigenvalue weighted by atomic mass is 35.5. The maximum atomic E-state index is 12.8. The summed E-state index contributed by atoms with van der Waals surface area (Å²) in [4.78, 5) is 14.0. The number of nitrogens with one attached hydrogen (secondary N) is 1. The molecule has 7 nitrogen and oxygen atoms in total. The minimum atomic E-state index is -4.00. The minimum Gasteiger partial charge on any atom is -0.497 e. The first-order valence-corrected chi connectivity index (χ1v) is 10.6. The summed E-state index contributed by atoms with van der Waals surface area (Å²) >= 11 is 6.10. The van der Waals surface area contributed by atoms with Crippen molar-refractivity contribution in [2.45, 2.75) is 23.8 Å². The van der Waals surface area contributed by atoms with Gasteiger partial charge >= 0.3 is 0 Å². The Labute approximate surface area is 168 Å². The zero-order chi connectivity index (χ0) is 20.3. The number of carbonyl (C=O) groups is 1. The van der Waals surface area contributed by atoms with E-state index in [9.17, 15) is 18.3 Å². The van der Waals surface area contributed by atoms with Crippen LogP contribution in [0.3, 0.4) is 0 Å². The van der Waals surface area contributed by atoms with Crippen molar-refractivity contribution in [3.8, 4) is 5.75 Å². The number of likely N-dealkylation sites (tertiary alicyclic amines) is 1. The maximum Gasteiger partial charge on any atom is 0.263 e. The average molecular weight is 425 g/mol. The zero-order valence-electron chi connectivity index (χ0n) is 15.3. The van der Waals surface area contributed by atoms with Crippen molar-refractivity contribution in [2.24, 2.45) is 0 Å². The molecule has 0 radical (unpaired) electrons. The summed E-state index contributed by atoms with van der Waals surface area (Å²) in [6.45, 7) is 0.748. The minimum absolute atomic E-state index is 0.0104. The van der Waals surface area contributed by atoms with E-state index in [1.807, 2.05) is 0 Å². The number of anilines is 1. The van der Waals surface area contributed by atoms with Gasteiger partial charge in [-0.25, -0.2) is 8.42 Å². The number of aliphatic hydroxyl groups excluding tert-OH is 1. The molecule has 3 rings (SSSR count). The number of aliphatic hydroxyl groups is 1. The van der Waals surface area contributed by atoms with Gasteiger partial charge in [-0.2, -0.15) is 0 Å². The molecular formula is C19H21ClN2O5S. The summed E-state index contributed by atoms with van der Waals surface area (Å²) in [6, 6.07) is 10.5. The molecule has 0 bridgehead atoms. The van der Waals surface area contributed by atoms with Gasteiger partial charge in [0.1, 0.15) is 10.6 Å². The van der Waals surface area contributed by atoms with E-state index >= 15 is 0 Å².